The summed E-state index contributed by atoms with van der Waals surface area (Å²) in [5.41, 5.74) is 1.08. The fourth-order valence-electron chi connectivity index (χ4n) is 1.64. The van der Waals surface area contributed by atoms with Crippen molar-refractivity contribution in [3.63, 3.8) is 0 Å². The standard InChI is InChI=1S/C13H13FN2O2/c1-3-18-13(17)11-8(2)15-12(16-11)9-6-4-5-7-10(9)14/h4-7H,3H2,1-2H3,(H,15,16). The third-order valence-corrected chi connectivity index (χ3v) is 2.48. The van der Waals surface area contributed by atoms with Crippen LogP contribution in [0.25, 0.3) is 11.4 Å². The Morgan fingerprint density at radius 2 is 2.17 bits per heavy atom. The maximum Gasteiger partial charge on any atom is 0.358 e. The van der Waals surface area contributed by atoms with Gasteiger partial charge in [-0.2, -0.15) is 0 Å². The summed E-state index contributed by atoms with van der Waals surface area (Å²) in [5.74, 6) is -0.566. The van der Waals surface area contributed by atoms with Crippen LogP contribution in [0.4, 0.5) is 4.39 Å². The Labute approximate surface area is 104 Å². The Bertz CT molecular complexity index is 578. The molecule has 0 spiro atoms. The molecule has 0 radical (unpaired) electrons. The van der Waals surface area contributed by atoms with Crippen molar-refractivity contribution in [1.29, 1.82) is 0 Å². The lowest BCUT2D eigenvalue weighted by Crippen LogP contribution is -2.06. The first-order chi connectivity index (χ1) is 8.63. The van der Waals surface area contributed by atoms with Crippen molar-refractivity contribution in [2.45, 2.75) is 13.8 Å². The number of ether oxygens (including phenoxy) is 1. The van der Waals surface area contributed by atoms with Crippen molar-refractivity contribution in [3.05, 3.63) is 41.5 Å². The number of carbonyl (C=O) groups excluding carboxylic acids is 1. The molecule has 2 aromatic rings. The molecule has 0 unspecified atom stereocenters. The second kappa shape index (κ2) is 5.00. The van der Waals surface area contributed by atoms with Gasteiger partial charge in [0.15, 0.2) is 5.69 Å². The number of nitrogens with zero attached hydrogens (tertiary/aromatic N) is 1. The molecular formula is C13H13FN2O2. The average Bonchev–Trinajstić information content (AvgIpc) is 2.72. The summed E-state index contributed by atoms with van der Waals surface area (Å²) in [7, 11) is 0. The van der Waals surface area contributed by atoms with Gasteiger partial charge in [0.1, 0.15) is 11.6 Å². The van der Waals surface area contributed by atoms with E-state index in [1.807, 2.05) is 0 Å². The lowest BCUT2D eigenvalue weighted by Gasteiger charge is -1.98. The Kier molecular flexibility index (Phi) is 3.41. The minimum atomic E-state index is -0.506. The number of hydrogen-bond donors (Lipinski definition) is 1. The molecule has 18 heavy (non-hydrogen) atoms. The van der Waals surface area contributed by atoms with Crippen LogP contribution in [-0.4, -0.2) is 22.5 Å². The fraction of sp³-hybridized carbons (Fsp3) is 0.231. The molecule has 2 rings (SSSR count). The minimum Gasteiger partial charge on any atom is -0.461 e. The first kappa shape index (κ1) is 12.3. The second-order valence-electron chi connectivity index (χ2n) is 3.76. The van der Waals surface area contributed by atoms with Crippen molar-refractivity contribution in [2.24, 2.45) is 0 Å². The first-order valence-corrected chi connectivity index (χ1v) is 5.62. The predicted octanol–water partition coefficient (Wildman–Crippen LogP) is 2.70. The van der Waals surface area contributed by atoms with Gasteiger partial charge < -0.3 is 9.72 Å². The lowest BCUT2D eigenvalue weighted by molar-refractivity contribution is 0.0519. The highest BCUT2D eigenvalue weighted by Crippen LogP contribution is 2.21. The summed E-state index contributed by atoms with van der Waals surface area (Å²) in [6.07, 6.45) is 0. The van der Waals surface area contributed by atoms with E-state index in [-0.39, 0.29) is 18.1 Å². The number of aromatic amines is 1. The number of H-pyrrole nitrogens is 1. The van der Waals surface area contributed by atoms with Crippen LogP contribution in [0.15, 0.2) is 24.3 Å². The fourth-order valence-corrected chi connectivity index (χ4v) is 1.64. The molecule has 0 fully saturated rings. The summed E-state index contributed by atoms with van der Waals surface area (Å²) < 4.78 is 18.5. The second-order valence-corrected chi connectivity index (χ2v) is 3.76. The van der Waals surface area contributed by atoms with Gasteiger partial charge >= 0.3 is 5.97 Å². The molecule has 0 bridgehead atoms. The zero-order valence-electron chi connectivity index (χ0n) is 10.2. The number of esters is 1. The molecule has 0 saturated heterocycles. The van der Waals surface area contributed by atoms with E-state index in [2.05, 4.69) is 9.97 Å². The summed E-state index contributed by atoms with van der Waals surface area (Å²) in [6, 6.07) is 6.25. The highest BCUT2D eigenvalue weighted by atomic mass is 19.1. The van der Waals surface area contributed by atoms with E-state index in [0.717, 1.165) is 0 Å². The van der Waals surface area contributed by atoms with Crippen LogP contribution in [0, 0.1) is 12.7 Å². The number of aromatic nitrogens is 2. The summed E-state index contributed by atoms with van der Waals surface area (Å²) in [5, 5.41) is 0. The van der Waals surface area contributed by atoms with Crippen molar-refractivity contribution in [3.8, 4) is 11.4 Å². The number of rotatable bonds is 3. The molecule has 1 aromatic heterocycles. The van der Waals surface area contributed by atoms with Crippen LogP contribution in [0.3, 0.4) is 0 Å². The smallest absolute Gasteiger partial charge is 0.358 e. The van der Waals surface area contributed by atoms with E-state index in [1.165, 1.54) is 6.07 Å². The predicted molar refractivity (Wildman–Crippen MR) is 64.7 cm³/mol. The number of carbonyl (C=O) groups is 1. The molecule has 0 aliphatic heterocycles. The van der Waals surface area contributed by atoms with Crippen LogP contribution in [0.5, 0.6) is 0 Å². The molecule has 1 N–H and O–H groups in total. The Morgan fingerprint density at radius 3 is 2.83 bits per heavy atom. The minimum absolute atomic E-state index is 0.190. The summed E-state index contributed by atoms with van der Waals surface area (Å²) >= 11 is 0. The van der Waals surface area contributed by atoms with E-state index in [9.17, 15) is 9.18 Å². The van der Waals surface area contributed by atoms with Gasteiger partial charge in [-0.05, 0) is 26.0 Å². The molecule has 0 atom stereocenters. The van der Waals surface area contributed by atoms with Crippen LogP contribution < -0.4 is 0 Å². The van der Waals surface area contributed by atoms with Gasteiger partial charge in [-0.15, -0.1) is 0 Å². The molecule has 1 heterocycles. The molecule has 94 valence electrons. The van der Waals surface area contributed by atoms with Gasteiger partial charge in [-0.3, -0.25) is 0 Å². The van der Waals surface area contributed by atoms with Crippen molar-refractivity contribution in [2.75, 3.05) is 6.61 Å². The molecule has 0 aliphatic carbocycles. The van der Waals surface area contributed by atoms with Crippen LogP contribution >= 0.6 is 0 Å². The van der Waals surface area contributed by atoms with Crippen molar-refractivity contribution >= 4 is 5.97 Å². The number of hydrogen-bond acceptors (Lipinski definition) is 3. The average molecular weight is 248 g/mol. The number of aryl methyl sites for hydroxylation is 1. The third kappa shape index (κ3) is 2.25. The van der Waals surface area contributed by atoms with Gasteiger partial charge in [-0.1, -0.05) is 12.1 Å². The zero-order valence-corrected chi connectivity index (χ0v) is 10.2. The van der Waals surface area contributed by atoms with Gasteiger partial charge in [-0.25, -0.2) is 14.2 Å². The van der Waals surface area contributed by atoms with Crippen molar-refractivity contribution < 1.29 is 13.9 Å². The van der Waals surface area contributed by atoms with E-state index < -0.39 is 5.97 Å². The SMILES string of the molecule is CCOC(=O)c1nc(-c2ccccc2F)[nH]c1C. The van der Waals surface area contributed by atoms with E-state index in [0.29, 0.717) is 17.1 Å². The Morgan fingerprint density at radius 1 is 1.44 bits per heavy atom. The first-order valence-electron chi connectivity index (χ1n) is 5.62. The Hall–Kier alpha value is -2.17. The molecule has 0 aliphatic rings. The number of imidazole rings is 1. The monoisotopic (exact) mass is 248 g/mol. The largest absolute Gasteiger partial charge is 0.461 e. The molecule has 4 nitrogen and oxygen atoms in total. The number of halogens is 1. The number of nitrogens with one attached hydrogen (secondary N) is 1. The topological polar surface area (TPSA) is 55.0 Å². The highest BCUT2D eigenvalue weighted by molar-refractivity contribution is 5.89. The third-order valence-electron chi connectivity index (χ3n) is 2.48. The van der Waals surface area contributed by atoms with E-state index >= 15 is 0 Å². The lowest BCUT2D eigenvalue weighted by atomic mass is 10.2. The highest BCUT2D eigenvalue weighted by Gasteiger charge is 2.17. The van der Waals surface area contributed by atoms with Crippen LogP contribution in [-0.2, 0) is 4.74 Å². The molecular weight excluding hydrogens is 235 g/mol. The normalized spacial score (nSPS) is 10.4. The molecule has 0 saturated carbocycles. The van der Waals surface area contributed by atoms with E-state index in [4.69, 9.17) is 4.74 Å². The van der Waals surface area contributed by atoms with Gasteiger partial charge in [0.05, 0.1) is 12.2 Å². The maximum atomic E-state index is 13.6. The molecule has 5 heteroatoms. The van der Waals surface area contributed by atoms with Gasteiger partial charge in [0.2, 0.25) is 0 Å². The maximum absolute atomic E-state index is 13.6. The number of benzene rings is 1. The van der Waals surface area contributed by atoms with E-state index in [1.54, 1.807) is 32.0 Å². The summed E-state index contributed by atoms with van der Waals surface area (Å²) in [4.78, 5) is 18.6. The zero-order chi connectivity index (χ0) is 13.1. The summed E-state index contributed by atoms with van der Waals surface area (Å²) in [6.45, 7) is 3.70. The van der Waals surface area contributed by atoms with Crippen LogP contribution in [0.2, 0.25) is 0 Å². The van der Waals surface area contributed by atoms with Gasteiger partial charge in [0, 0.05) is 5.69 Å². The van der Waals surface area contributed by atoms with Crippen LogP contribution in [0.1, 0.15) is 23.1 Å². The van der Waals surface area contributed by atoms with Gasteiger partial charge in [0.25, 0.3) is 0 Å². The quantitative estimate of drug-likeness (QED) is 0.850. The van der Waals surface area contributed by atoms with Crippen molar-refractivity contribution in [1.82, 2.24) is 9.97 Å². The Balaban J connectivity index is 2.41. The molecule has 1 aromatic carbocycles. The molecule has 0 amide bonds.